The van der Waals surface area contributed by atoms with Gasteiger partial charge in [0.15, 0.2) is 5.71 Å². The first-order valence-electron chi connectivity index (χ1n) is 3.72. The predicted octanol–water partition coefficient (Wildman–Crippen LogP) is 1.14. The lowest BCUT2D eigenvalue weighted by atomic mass is 10.1. The average Bonchev–Trinajstić information content (AvgIpc) is 2.15. The molecule has 0 fully saturated rings. The molecular formula is C9H9NO3. The van der Waals surface area contributed by atoms with Gasteiger partial charge in [-0.2, -0.15) is 0 Å². The highest BCUT2D eigenvalue weighted by molar-refractivity contribution is 6.35. The summed E-state index contributed by atoms with van der Waals surface area (Å²) in [5, 5.41) is 19.6. The molecule has 0 aliphatic rings. The lowest BCUT2D eigenvalue weighted by Gasteiger charge is -1.98. The van der Waals surface area contributed by atoms with Crippen LogP contribution < -0.4 is 0 Å². The zero-order valence-electron chi connectivity index (χ0n) is 6.84. The molecule has 0 heterocycles. The molecule has 0 radical (unpaired) electrons. The van der Waals surface area contributed by atoms with Crippen molar-refractivity contribution in [3.05, 3.63) is 35.9 Å². The fraction of sp³-hybridized carbons (Fsp3) is 0.111. The lowest BCUT2D eigenvalue weighted by molar-refractivity contribution is -0.129. The normalized spacial score (nSPS) is 11.2. The fourth-order valence-corrected chi connectivity index (χ4v) is 0.943. The van der Waals surface area contributed by atoms with E-state index in [0.29, 0.717) is 0 Å². The number of hydrogen-bond donors (Lipinski definition) is 2. The second-order valence-electron chi connectivity index (χ2n) is 2.51. The third-order valence-electron chi connectivity index (χ3n) is 1.58. The van der Waals surface area contributed by atoms with Crippen LogP contribution in [0.3, 0.4) is 0 Å². The van der Waals surface area contributed by atoms with Gasteiger partial charge in [-0.1, -0.05) is 35.5 Å². The molecule has 1 rings (SSSR count). The van der Waals surface area contributed by atoms with E-state index in [1.54, 1.807) is 24.3 Å². The van der Waals surface area contributed by atoms with Crippen LogP contribution in [-0.2, 0) is 11.2 Å². The van der Waals surface area contributed by atoms with Crippen molar-refractivity contribution in [3.63, 3.8) is 0 Å². The topological polar surface area (TPSA) is 69.9 Å². The van der Waals surface area contributed by atoms with Crippen LogP contribution >= 0.6 is 0 Å². The van der Waals surface area contributed by atoms with Gasteiger partial charge in [0.25, 0.3) is 0 Å². The van der Waals surface area contributed by atoms with Gasteiger partial charge in [-0.25, -0.2) is 4.79 Å². The third kappa shape index (κ3) is 2.59. The van der Waals surface area contributed by atoms with E-state index < -0.39 is 5.97 Å². The van der Waals surface area contributed by atoms with E-state index in [0.717, 1.165) is 5.56 Å². The van der Waals surface area contributed by atoms with Gasteiger partial charge in [0.2, 0.25) is 0 Å². The van der Waals surface area contributed by atoms with Crippen molar-refractivity contribution in [1.82, 2.24) is 0 Å². The molecule has 0 aliphatic carbocycles. The van der Waals surface area contributed by atoms with Crippen LogP contribution in [0.15, 0.2) is 35.5 Å². The van der Waals surface area contributed by atoms with Gasteiger partial charge in [-0.3, -0.25) is 0 Å². The van der Waals surface area contributed by atoms with E-state index in [-0.39, 0.29) is 12.1 Å². The molecule has 0 saturated heterocycles. The summed E-state index contributed by atoms with van der Waals surface area (Å²) < 4.78 is 0. The second-order valence-corrected chi connectivity index (χ2v) is 2.51. The van der Waals surface area contributed by atoms with Crippen LogP contribution in [-0.4, -0.2) is 22.0 Å². The maximum atomic E-state index is 10.4. The van der Waals surface area contributed by atoms with Gasteiger partial charge >= 0.3 is 5.97 Å². The van der Waals surface area contributed by atoms with Crippen molar-refractivity contribution in [2.75, 3.05) is 0 Å². The minimum atomic E-state index is -1.20. The summed E-state index contributed by atoms with van der Waals surface area (Å²) in [6.07, 6.45) is 0.132. The number of benzene rings is 1. The Hall–Kier alpha value is -1.84. The minimum absolute atomic E-state index is 0.132. The molecular weight excluding hydrogens is 170 g/mol. The Morgan fingerprint density at radius 3 is 2.38 bits per heavy atom. The molecule has 0 unspecified atom stereocenters. The highest BCUT2D eigenvalue weighted by Crippen LogP contribution is 2.00. The van der Waals surface area contributed by atoms with Crippen LogP contribution in [0.1, 0.15) is 5.56 Å². The number of carbonyl (C=O) groups is 1. The molecule has 0 atom stereocenters. The van der Waals surface area contributed by atoms with Gasteiger partial charge in [-0.05, 0) is 5.56 Å². The van der Waals surface area contributed by atoms with Crippen LogP contribution in [0, 0.1) is 0 Å². The molecule has 2 N–H and O–H groups in total. The van der Waals surface area contributed by atoms with E-state index in [1.165, 1.54) is 0 Å². The first-order valence-corrected chi connectivity index (χ1v) is 3.72. The summed E-state index contributed by atoms with van der Waals surface area (Å²) in [6, 6.07) is 8.97. The molecule has 0 aliphatic heterocycles. The number of hydrogen-bond acceptors (Lipinski definition) is 3. The van der Waals surface area contributed by atoms with Crippen molar-refractivity contribution in [2.24, 2.45) is 5.16 Å². The van der Waals surface area contributed by atoms with Crippen LogP contribution in [0.25, 0.3) is 0 Å². The quantitative estimate of drug-likeness (QED) is 0.415. The van der Waals surface area contributed by atoms with Crippen molar-refractivity contribution in [2.45, 2.75) is 6.42 Å². The zero-order valence-corrected chi connectivity index (χ0v) is 6.84. The van der Waals surface area contributed by atoms with Crippen molar-refractivity contribution in [1.29, 1.82) is 0 Å². The molecule has 13 heavy (non-hydrogen) atoms. The predicted molar refractivity (Wildman–Crippen MR) is 47.0 cm³/mol. The molecule has 0 aromatic heterocycles. The Bertz CT molecular complexity index is 319. The molecule has 68 valence electrons. The maximum absolute atomic E-state index is 10.4. The number of carboxylic acid groups (broad SMARTS) is 1. The highest BCUT2D eigenvalue weighted by atomic mass is 16.4. The summed E-state index contributed by atoms with van der Waals surface area (Å²) in [5.74, 6) is -1.20. The van der Waals surface area contributed by atoms with Crippen LogP contribution in [0.5, 0.6) is 0 Å². The van der Waals surface area contributed by atoms with E-state index >= 15 is 0 Å². The maximum Gasteiger partial charge on any atom is 0.354 e. The average molecular weight is 179 g/mol. The Morgan fingerprint density at radius 1 is 1.31 bits per heavy atom. The Morgan fingerprint density at radius 2 is 1.92 bits per heavy atom. The summed E-state index contributed by atoms with van der Waals surface area (Å²) in [4.78, 5) is 10.4. The minimum Gasteiger partial charge on any atom is -0.477 e. The Labute approximate surface area is 75.1 Å². The smallest absolute Gasteiger partial charge is 0.354 e. The molecule has 0 saturated carbocycles. The summed E-state index contributed by atoms with van der Waals surface area (Å²) in [6.45, 7) is 0. The standard InChI is InChI=1S/C9H9NO3/c11-9(12)8(10-13)6-7-4-2-1-3-5-7/h1-5,13H,6H2,(H,11,12). The summed E-state index contributed by atoms with van der Waals surface area (Å²) in [7, 11) is 0. The summed E-state index contributed by atoms with van der Waals surface area (Å²) >= 11 is 0. The number of aliphatic carboxylic acids is 1. The monoisotopic (exact) mass is 179 g/mol. The molecule has 0 bridgehead atoms. The number of carboxylic acids is 1. The molecule has 4 heteroatoms. The van der Waals surface area contributed by atoms with E-state index in [4.69, 9.17) is 10.3 Å². The van der Waals surface area contributed by atoms with E-state index in [1.807, 2.05) is 6.07 Å². The summed E-state index contributed by atoms with van der Waals surface area (Å²) in [5.41, 5.74) is 0.545. The van der Waals surface area contributed by atoms with Gasteiger partial charge in [-0.15, -0.1) is 0 Å². The first kappa shape index (κ1) is 9.25. The van der Waals surface area contributed by atoms with Gasteiger partial charge in [0.1, 0.15) is 0 Å². The van der Waals surface area contributed by atoms with E-state index in [2.05, 4.69) is 5.16 Å². The Kier molecular flexibility index (Phi) is 3.03. The molecule has 0 amide bonds. The van der Waals surface area contributed by atoms with Crippen molar-refractivity contribution >= 4 is 11.7 Å². The SMILES string of the molecule is O=C(O)C(Cc1ccccc1)=NO. The van der Waals surface area contributed by atoms with Gasteiger partial charge in [0.05, 0.1) is 0 Å². The third-order valence-corrected chi connectivity index (χ3v) is 1.58. The molecule has 1 aromatic carbocycles. The molecule has 4 nitrogen and oxygen atoms in total. The van der Waals surface area contributed by atoms with E-state index in [9.17, 15) is 4.79 Å². The number of rotatable bonds is 3. The lowest BCUT2D eigenvalue weighted by Crippen LogP contribution is -2.15. The van der Waals surface area contributed by atoms with Crippen molar-refractivity contribution in [3.8, 4) is 0 Å². The van der Waals surface area contributed by atoms with Gasteiger partial charge < -0.3 is 10.3 Å². The molecule has 0 spiro atoms. The largest absolute Gasteiger partial charge is 0.477 e. The first-order chi connectivity index (χ1) is 6.24. The number of oxime groups is 1. The zero-order chi connectivity index (χ0) is 9.68. The fourth-order valence-electron chi connectivity index (χ4n) is 0.943. The van der Waals surface area contributed by atoms with Gasteiger partial charge in [0, 0.05) is 6.42 Å². The van der Waals surface area contributed by atoms with Crippen LogP contribution in [0.2, 0.25) is 0 Å². The highest BCUT2D eigenvalue weighted by Gasteiger charge is 2.09. The molecule has 1 aromatic rings. The Balaban J connectivity index is 2.74. The second kappa shape index (κ2) is 4.25. The van der Waals surface area contributed by atoms with Crippen LogP contribution in [0.4, 0.5) is 0 Å². The number of nitrogens with zero attached hydrogens (tertiary/aromatic N) is 1. The van der Waals surface area contributed by atoms with Crippen molar-refractivity contribution < 1.29 is 15.1 Å².